The number of hydrogen-bond donors (Lipinski definition) is 1. The Hall–Kier alpha value is -0.680. The van der Waals surface area contributed by atoms with Crippen LogP contribution in [0.25, 0.3) is 0 Å². The number of nitrogens with zero attached hydrogens (tertiary/aromatic N) is 3. The van der Waals surface area contributed by atoms with Crippen LogP contribution in [0, 0.1) is 0 Å². The summed E-state index contributed by atoms with van der Waals surface area (Å²) in [4.78, 5) is 6.53. The van der Waals surface area contributed by atoms with Crippen LogP contribution in [0.3, 0.4) is 0 Å². The molecule has 1 aromatic heterocycles. The molecule has 0 aromatic carbocycles. The lowest BCUT2D eigenvalue weighted by atomic mass is 10.3. The van der Waals surface area contributed by atoms with Crippen molar-refractivity contribution in [3.8, 4) is 0 Å². The summed E-state index contributed by atoms with van der Waals surface area (Å²) in [6.07, 6.45) is 3.15. The Morgan fingerprint density at radius 3 is 2.67 bits per heavy atom. The van der Waals surface area contributed by atoms with Crippen LogP contribution < -0.4 is 4.90 Å². The third-order valence-corrected chi connectivity index (χ3v) is 3.01. The van der Waals surface area contributed by atoms with Crippen molar-refractivity contribution in [2.75, 3.05) is 24.6 Å². The van der Waals surface area contributed by atoms with Crippen LogP contribution in [0.4, 0.5) is 5.13 Å². The van der Waals surface area contributed by atoms with Crippen LogP contribution in [0.2, 0.25) is 0 Å². The molecule has 0 saturated heterocycles. The van der Waals surface area contributed by atoms with Gasteiger partial charge in [0.1, 0.15) is 5.82 Å². The first-order valence-corrected chi connectivity index (χ1v) is 6.27. The predicted octanol–water partition coefficient (Wildman–Crippen LogP) is 1.70. The van der Waals surface area contributed by atoms with Crippen molar-refractivity contribution in [2.45, 2.75) is 33.1 Å². The Bertz CT molecular complexity index is 277. The summed E-state index contributed by atoms with van der Waals surface area (Å²) in [5.74, 6) is 0.898. The lowest BCUT2D eigenvalue weighted by Crippen LogP contribution is -2.27. The van der Waals surface area contributed by atoms with Gasteiger partial charge in [0, 0.05) is 31.0 Å². The van der Waals surface area contributed by atoms with Crippen LogP contribution in [0.15, 0.2) is 0 Å². The molecule has 0 saturated carbocycles. The lowest BCUT2D eigenvalue weighted by Gasteiger charge is -2.19. The zero-order valence-corrected chi connectivity index (χ0v) is 10.3. The second-order valence-electron chi connectivity index (χ2n) is 3.41. The first kappa shape index (κ1) is 12.4. The molecule has 0 amide bonds. The van der Waals surface area contributed by atoms with Crippen molar-refractivity contribution in [1.29, 1.82) is 0 Å². The van der Waals surface area contributed by atoms with E-state index in [4.69, 9.17) is 5.11 Å². The van der Waals surface area contributed by atoms with Crippen molar-refractivity contribution in [3.05, 3.63) is 5.82 Å². The van der Waals surface area contributed by atoms with Gasteiger partial charge in [-0.2, -0.15) is 4.37 Å². The monoisotopic (exact) mass is 229 g/mol. The standard InChI is InChI=1S/C10H19N3OS/c1-3-5-6-13(7-8-14)10-11-9(4-2)12-15-10/h14H,3-8H2,1-2H3. The molecule has 1 rings (SSSR count). The Labute approximate surface area is 95.1 Å². The maximum atomic E-state index is 8.98. The summed E-state index contributed by atoms with van der Waals surface area (Å²) >= 11 is 1.43. The second kappa shape index (κ2) is 6.74. The first-order valence-electron chi connectivity index (χ1n) is 5.50. The number of aliphatic hydroxyl groups excluding tert-OH is 1. The van der Waals surface area contributed by atoms with Crippen LogP contribution in [-0.4, -0.2) is 34.2 Å². The van der Waals surface area contributed by atoms with Gasteiger partial charge in [-0.1, -0.05) is 20.3 Å². The highest BCUT2D eigenvalue weighted by atomic mass is 32.1. The summed E-state index contributed by atoms with van der Waals surface area (Å²) in [6.45, 7) is 5.99. The van der Waals surface area contributed by atoms with Crippen molar-refractivity contribution in [2.24, 2.45) is 0 Å². The first-order chi connectivity index (χ1) is 7.31. The lowest BCUT2D eigenvalue weighted by molar-refractivity contribution is 0.301. The van der Waals surface area contributed by atoms with Gasteiger partial charge >= 0.3 is 0 Å². The van der Waals surface area contributed by atoms with Gasteiger partial charge < -0.3 is 10.0 Å². The second-order valence-corrected chi connectivity index (χ2v) is 4.14. The highest BCUT2D eigenvalue weighted by Crippen LogP contribution is 2.17. The Balaban J connectivity index is 2.60. The van der Waals surface area contributed by atoms with Gasteiger partial charge in [-0.25, -0.2) is 4.98 Å². The molecule has 4 nitrogen and oxygen atoms in total. The molecule has 0 aliphatic heterocycles. The van der Waals surface area contributed by atoms with E-state index in [1.54, 1.807) is 0 Å². The molecule has 0 aliphatic carbocycles. The molecule has 1 heterocycles. The molecular weight excluding hydrogens is 210 g/mol. The van der Waals surface area contributed by atoms with Gasteiger partial charge in [0.05, 0.1) is 6.61 Å². The smallest absolute Gasteiger partial charge is 0.205 e. The van der Waals surface area contributed by atoms with Gasteiger partial charge in [0.15, 0.2) is 0 Å². The molecule has 0 atom stereocenters. The number of rotatable bonds is 7. The molecule has 1 aromatic rings. The Kier molecular flexibility index (Phi) is 5.57. The Morgan fingerprint density at radius 1 is 1.33 bits per heavy atom. The molecule has 0 bridgehead atoms. The van der Waals surface area contributed by atoms with Crippen LogP contribution in [-0.2, 0) is 6.42 Å². The van der Waals surface area contributed by atoms with Crippen LogP contribution in [0.5, 0.6) is 0 Å². The zero-order valence-electron chi connectivity index (χ0n) is 9.44. The fourth-order valence-electron chi connectivity index (χ4n) is 1.29. The largest absolute Gasteiger partial charge is 0.395 e. The molecule has 0 fully saturated rings. The number of aromatic nitrogens is 2. The van der Waals surface area contributed by atoms with Gasteiger partial charge in [0.25, 0.3) is 0 Å². The van der Waals surface area contributed by atoms with Crippen molar-refractivity contribution in [3.63, 3.8) is 0 Å². The molecule has 5 heteroatoms. The fraction of sp³-hybridized carbons (Fsp3) is 0.800. The maximum absolute atomic E-state index is 8.98. The summed E-state index contributed by atoms with van der Waals surface area (Å²) in [5, 5.41) is 9.92. The van der Waals surface area contributed by atoms with Gasteiger partial charge in [-0.3, -0.25) is 0 Å². The Morgan fingerprint density at radius 2 is 2.13 bits per heavy atom. The minimum Gasteiger partial charge on any atom is -0.395 e. The minimum absolute atomic E-state index is 0.171. The average Bonchev–Trinajstić information content (AvgIpc) is 2.72. The maximum Gasteiger partial charge on any atom is 0.205 e. The SMILES string of the molecule is CCCCN(CCO)c1nc(CC)ns1. The summed E-state index contributed by atoms with van der Waals surface area (Å²) in [5.41, 5.74) is 0. The summed E-state index contributed by atoms with van der Waals surface area (Å²) in [7, 11) is 0. The van der Waals surface area contributed by atoms with Gasteiger partial charge in [0.2, 0.25) is 5.13 Å². The van der Waals surface area contributed by atoms with Crippen molar-refractivity contribution in [1.82, 2.24) is 9.36 Å². The van der Waals surface area contributed by atoms with Crippen LogP contribution >= 0.6 is 11.5 Å². The number of hydrogen-bond acceptors (Lipinski definition) is 5. The third kappa shape index (κ3) is 3.76. The quantitative estimate of drug-likeness (QED) is 0.773. The fourth-order valence-corrected chi connectivity index (χ4v) is 2.09. The van der Waals surface area contributed by atoms with E-state index in [0.29, 0.717) is 6.54 Å². The zero-order chi connectivity index (χ0) is 11.1. The predicted molar refractivity (Wildman–Crippen MR) is 63.5 cm³/mol. The third-order valence-electron chi connectivity index (χ3n) is 2.20. The van der Waals surface area contributed by atoms with Gasteiger partial charge in [-0.15, -0.1) is 0 Å². The summed E-state index contributed by atoms with van der Waals surface area (Å²) < 4.78 is 4.25. The van der Waals surface area contributed by atoms with Gasteiger partial charge in [-0.05, 0) is 6.42 Å². The molecule has 0 spiro atoms. The van der Waals surface area contributed by atoms with E-state index in [9.17, 15) is 0 Å². The van der Waals surface area contributed by atoms with Crippen molar-refractivity contribution < 1.29 is 5.11 Å². The summed E-state index contributed by atoms with van der Waals surface area (Å²) in [6, 6.07) is 0. The number of anilines is 1. The van der Waals surface area contributed by atoms with E-state index < -0.39 is 0 Å². The topological polar surface area (TPSA) is 49.2 Å². The molecule has 0 radical (unpaired) electrons. The normalized spacial score (nSPS) is 10.6. The van der Waals surface area contributed by atoms with E-state index in [0.717, 1.165) is 36.8 Å². The molecule has 86 valence electrons. The molecule has 0 aliphatic rings. The number of aliphatic hydroxyl groups is 1. The minimum atomic E-state index is 0.171. The van der Waals surface area contributed by atoms with E-state index >= 15 is 0 Å². The van der Waals surface area contributed by atoms with Crippen LogP contribution in [0.1, 0.15) is 32.5 Å². The van der Waals surface area contributed by atoms with E-state index in [2.05, 4.69) is 21.2 Å². The van der Waals surface area contributed by atoms with Crippen molar-refractivity contribution >= 4 is 16.7 Å². The number of unbranched alkanes of at least 4 members (excludes halogenated alkanes) is 1. The molecule has 1 N–H and O–H groups in total. The average molecular weight is 229 g/mol. The van der Waals surface area contributed by atoms with E-state index in [1.165, 1.54) is 11.5 Å². The molecular formula is C10H19N3OS. The van der Waals surface area contributed by atoms with E-state index in [-0.39, 0.29) is 6.61 Å². The number of aryl methyl sites for hydroxylation is 1. The highest BCUT2D eigenvalue weighted by Gasteiger charge is 2.10. The highest BCUT2D eigenvalue weighted by molar-refractivity contribution is 7.09. The van der Waals surface area contributed by atoms with E-state index in [1.807, 2.05) is 6.92 Å². The molecule has 15 heavy (non-hydrogen) atoms. The molecule has 0 unspecified atom stereocenters.